The second kappa shape index (κ2) is 9.11. The van der Waals surface area contributed by atoms with Gasteiger partial charge in [-0.25, -0.2) is 9.97 Å². The van der Waals surface area contributed by atoms with Crippen molar-refractivity contribution in [3.63, 3.8) is 0 Å². The third-order valence-electron chi connectivity index (χ3n) is 4.39. The number of carbonyl (C=O) groups is 1. The molecule has 0 unspecified atom stereocenters. The maximum Gasteiger partial charge on any atom is 0.230 e. The Labute approximate surface area is 178 Å². The maximum atomic E-state index is 12.1. The van der Waals surface area contributed by atoms with Crippen molar-refractivity contribution in [1.82, 2.24) is 19.9 Å². The number of fused-ring (bicyclic) bond motifs is 1. The summed E-state index contributed by atoms with van der Waals surface area (Å²) in [6, 6.07) is 19.5. The van der Waals surface area contributed by atoms with Gasteiger partial charge in [-0.05, 0) is 41.5 Å². The van der Waals surface area contributed by atoms with Crippen LogP contribution in [0, 0.1) is 0 Å². The van der Waals surface area contributed by atoms with Gasteiger partial charge in [0, 0.05) is 23.5 Å². The van der Waals surface area contributed by atoms with Crippen LogP contribution in [-0.4, -0.2) is 26.2 Å². The molecule has 2 aromatic carbocycles. The van der Waals surface area contributed by atoms with E-state index < -0.39 is 0 Å². The van der Waals surface area contributed by atoms with E-state index in [0.29, 0.717) is 17.3 Å². The number of carbonyl (C=O) groups excluding carboxylic acids is 1. The summed E-state index contributed by atoms with van der Waals surface area (Å²) in [6.07, 6.45) is 3.55. The number of benzene rings is 2. The van der Waals surface area contributed by atoms with E-state index in [1.165, 1.54) is 0 Å². The Balaban J connectivity index is 1.28. The van der Waals surface area contributed by atoms with Gasteiger partial charge in [0.05, 0.1) is 16.8 Å². The Hall–Kier alpha value is -2.83. The zero-order chi connectivity index (χ0) is 20.1. The monoisotopic (exact) mass is 422 g/mol. The molecular weight excluding hydrogens is 404 g/mol. The first-order valence-corrected chi connectivity index (χ1v) is 10.7. The Morgan fingerprint density at radius 1 is 1.03 bits per heavy atom. The van der Waals surface area contributed by atoms with Crippen LogP contribution in [0.4, 0.5) is 0 Å². The van der Waals surface area contributed by atoms with Gasteiger partial charge < -0.3 is 5.32 Å². The molecule has 2 heterocycles. The second-order valence-corrected chi connectivity index (χ2v) is 7.95. The first-order valence-electron chi connectivity index (χ1n) is 9.15. The molecule has 1 amide bonds. The minimum atomic E-state index is 0.00158. The van der Waals surface area contributed by atoms with E-state index in [4.69, 9.17) is 11.6 Å². The third-order valence-corrected chi connectivity index (χ3v) is 5.63. The summed E-state index contributed by atoms with van der Waals surface area (Å²) in [6.45, 7) is 0.453. The molecule has 0 aliphatic carbocycles. The summed E-state index contributed by atoms with van der Waals surface area (Å²) in [7, 11) is 0. The first-order chi connectivity index (χ1) is 14.2. The SMILES string of the molecule is O=C(CSCc1cccc(Cl)c1)NCc1ccc(-n2cnc3ccccc32)nc1. The Kier molecular flexibility index (Phi) is 6.12. The van der Waals surface area contributed by atoms with E-state index in [2.05, 4.69) is 15.3 Å². The van der Waals surface area contributed by atoms with E-state index >= 15 is 0 Å². The minimum Gasteiger partial charge on any atom is -0.351 e. The number of nitrogens with zero attached hydrogens (tertiary/aromatic N) is 3. The highest BCUT2D eigenvalue weighted by atomic mass is 35.5. The maximum absolute atomic E-state index is 12.1. The number of halogens is 1. The average molecular weight is 423 g/mol. The quantitative estimate of drug-likeness (QED) is 0.472. The lowest BCUT2D eigenvalue weighted by atomic mass is 10.2. The molecule has 4 rings (SSSR count). The molecule has 7 heteroatoms. The van der Waals surface area contributed by atoms with Crippen molar-refractivity contribution in [2.75, 3.05) is 5.75 Å². The number of pyridine rings is 1. The smallest absolute Gasteiger partial charge is 0.230 e. The van der Waals surface area contributed by atoms with Crippen LogP contribution in [-0.2, 0) is 17.1 Å². The van der Waals surface area contributed by atoms with Crippen molar-refractivity contribution in [2.24, 2.45) is 0 Å². The predicted molar refractivity (Wildman–Crippen MR) is 118 cm³/mol. The summed E-state index contributed by atoms with van der Waals surface area (Å²) in [5.41, 5.74) is 4.01. The van der Waals surface area contributed by atoms with Crippen LogP contribution in [0.5, 0.6) is 0 Å². The molecule has 2 aromatic heterocycles. The van der Waals surface area contributed by atoms with Crippen LogP contribution in [0.15, 0.2) is 73.2 Å². The largest absolute Gasteiger partial charge is 0.351 e. The Morgan fingerprint density at radius 3 is 2.76 bits per heavy atom. The van der Waals surface area contributed by atoms with E-state index in [0.717, 1.165) is 33.7 Å². The van der Waals surface area contributed by atoms with Gasteiger partial charge in [0.2, 0.25) is 5.91 Å². The molecular formula is C22H19ClN4OS. The molecule has 29 heavy (non-hydrogen) atoms. The zero-order valence-electron chi connectivity index (χ0n) is 15.6. The fourth-order valence-electron chi connectivity index (χ4n) is 2.95. The van der Waals surface area contributed by atoms with Crippen LogP contribution < -0.4 is 5.32 Å². The molecule has 0 aliphatic rings. The molecule has 0 saturated heterocycles. The number of imidazole rings is 1. The fourth-order valence-corrected chi connectivity index (χ4v) is 3.96. The Morgan fingerprint density at radius 2 is 1.93 bits per heavy atom. The molecule has 0 bridgehead atoms. The van der Waals surface area contributed by atoms with E-state index in [1.54, 1.807) is 24.3 Å². The van der Waals surface area contributed by atoms with Gasteiger partial charge >= 0.3 is 0 Å². The van der Waals surface area contributed by atoms with Gasteiger partial charge in [-0.3, -0.25) is 9.36 Å². The lowest BCUT2D eigenvalue weighted by Gasteiger charge is -2.07. The summed E-state index contributed by atoms with van der Waals surface area (Å²) in [5.74, 6) is 1.95. The van der Waals surface area contributed by atoms with Crippen molar-refractivity contribution in [3.05, 3.63) is 89.3 Å². The van der Waals surface area contributed by atoms with Gasteiger partial charge in [0.15, 0.2) is 0 Å². The van der Waals surface area contributed by atoms with Gasteiger partial charge in [0.25, 0.3) is 0 Å². The number of aromatic nitrogens is 3. The van der Waals surface area contributed by atoms with Crippen LogP contribution in [0.2, 0.25) is 5.02 Å². The highest BCUT2D eigenvalue weighted by Gasteiger charge is 2.06. The molecule has 0 aliphatic heterocycles. The van der Waals surface area contributed by atoms with Crippen molar-refractivity contribution in [1.29, 1.82) is 0 Å². The minimum absolute atomic E-state index is 0.00158. The number of thioether (sulfide) groups is 1. The molecule has 146 valence electrons. The van der Waals surface area contributed by atoms with Crippen molar-refractivity contribution in [2.45, 2.75) is 12.3 Å². The average Bonchev–Trinajstić information content (AvgIpc) is 3.17. The number of hydrogen-bond donors (Lipinski definition) is 1. The van der Waals surface area contributed by atoms with Gasteiger partial charge in [-0.2, -0.15) is 0 Å². The molecule has 1 N–H and O–H groups in total. The second-order valence-electron chi connectivity index (χ2n) is 6.53. The van der Waals surface area contributed by atoms with E-state index in [1.807, 2.05) is 65.2 Å². The highest BCUT2D eigenvalue weighted by Crippen LogP contribution is 2.17. The molecule has 5 nitrogen and oxygen atoms in total. The Bertz CT molecular complexity index is 1130. The van der Waals surface area contributed by atoms with E-state index in [9.17, 15) is 4.79 Å². The first kappa shape index (κ1) is 19.5. The molecule has 0 fully saturated rings. The number of nitrogens with one attached hydrogen (secondary N) is 1. The third kappa shape index (κ3) is 4.96. The van der Waals surface area contributed by atoms with Gasteiger partial charge in [-0.1, -0.05) is 41.9 Å². The predicted octanol–water partition coefficient (Wildman–Crippen LogP) is 4.62. The van der Waals surface area contributed by atoms with Crippen molar-refractivity contribution < 1.29 is 4.79 Å². The number of rotatable bonds is 7. The molecule has 4 aromatic rings. The lowest BCUT2D eigenvalue weighted by molar-refractivity contribution is -0.118. The van der Waals surface area contributed by atoms with Gasteiger partial charge in [-0.15, -0.1) is 11.8 Å². The lowest BCUT2D eigenvalue weighted by Crippen LogP contribution is -2.24. The summed E-state index contributed by atoms with van der Waals surface area (Å²) in [5, 5.41) is 3.65. The summed E-state index contributed by atoms with van der Waals surface area (Å²) >= 11 is 7.54. The summed E-state index contributed by atoms with van der Waals surface area (Å²) < 4.78 is 1.95. The van der Waals surface area contributed by atoms with Gasteiger partial charge in [0.1, 0.15) is 12.1 Å². The normalized spacial score (nSPS) is 10.9. The van der Waals surface area contributed by atoms with Crippen LogP contribution >= 0.6 is 23.4 Å². The topological polar surface area (TPSA) is 59.8 Å². The molecule has 0 spiro atoms. The number of hydrogen-bond acceptors (Lipinski definition) is 4. The van der Waals surface area contributed by atoms with Crippen LogP contribution in [0.25, 0.3) is 16.9 Å². The zero-order valence-corrected chi connectivity index (χ0v) is 17.2. The molecule has 0 atom stereocenters. The highest BCUT2D eigenvalue weighted by molar-refractivity contribution is 7.99. The van der Waals surface area contributed by atoms with Crippen molar-refractivity contribution >= 4 is 40.3 Å². The fraction of sp³-hybridized carbons (Fsp3) is 0.136. The molecule has 0 radical (unpaired) electrons. The molecule has 0 saturated carbocycles. The van der Waals surface area contributed by atoms with Crippen LogP contribution in [0.3, 0.4) is 0 Å². The summed E-state index contributed by atoms with van der Waals surface area (Å²) in [4.78, 5) is 21.0. The van der Waals surface area contributed by atoms with E-state index in [-0.39, 0.29) is 5.91 Å². The standard InChI is InChI=1S/C22H19ClN4OS/c23-18-5-3-4-16(10-18)13-29-14-22(28)25-12-17-8-9-21(24-11-17)27-15-26-19-6-1-2-7-20(19)27/h1-11,15H,12-14H2,(H,25,28). The van der Waals surface area contributed by atoms with Crippen molar-refractivity contribution in [3.8, 4) is 5.82 Å². The van der Waals surface area contributed by atoms with Crippen LogP contribution in [0.1, 0.15) is 11.1 Å². The number of para-hydroxylation sites is 2. The number of amides is 1.